The number of imide groups is 1. The molecule has 1 aliphatic carbocycles. The van der Waals surface area contributed by atoms with Crippen molar-refractivity contribution in [1.29, 1.82) is 5.26 Å². The third kappa shape index (κ3) is 4.55. The molecule has 8 nitrogen and oxygen atoms in total. The van der Waals surface area contributed by atoms with Crippen LogP contribution in [0.2, 0.25) is 5.02 Å². The number of rotatable bonds is 5. The monoisotopic (exact) mass is 532 g/mol. The van der Waals surface area contributed by atoms with Gasteiger partial charge < -0.3 is 9.64 Å². The average Bonchev–Trinajstić information content (AvgIpc) is 3.20. The van der Waals surface area contributed by atoms with Crippen molar-refractivity contribution < 1.29 is 19.1 Å². The van der Waals surface area contributed by atoms with Gasteiger partial charge in [0.2, 0.25) is 11.8 Å². The fourth-order valence-corrected chi connectivity index (χ4v) is 6.56. The number of benzene rings is 2. The zero-order chi connectivity index (χ0) is 26.4. The number of nitrogens with one attached hydrogen (secondary N) is 1. The van der Waals surface area contributed by atoms with Crippen LogP contribution in [0.1, 0.15) is 71.5 Å². The molecule has 2 aromatic carbocycles. The van der Waals surface area contributed by atoms with Crippen molar-refractivity contribution in [2.24, 2.45) is 0 Å². The van der Waals surface area contributed by atoms with Crippen LogP contribution in [0.5, 0.6) is 5.75 Å². The second kappa shape index (κ2) is 10.0. The summed E-state index contributed by atoms with van der Waals surface area (Å²) in [5, 5.41) is 12.5. The number of halogens is 1. The number of ether oxygens (including phenoxy) is 1. The predicted molar refractivity (Wildman–Crippen MR) is 140 cm³/mol. The van der Waals surface area contributed by atoms with Crippen LogP contribution in [0.4, 0.5) is 0 Å². The van der Waals surface area contributed by atoms with Crippen molar-refractivity contribution in [3.8, 4) is 11.8 Å². The molecule has 2 unspecified atom stereocenters. The number of nitriles is 1. The third-order valence-corrected chi connectivity index (χ3v) is 8.64. The minimum Gasteiger partial charge on any atom is -0.489 e. The van der Waals surface area contributed by atoms with Gasteiger partial charge in [0.15, 0.2) is 0 Å². The molecule has 3 amide bonds. The molecule has 6 rings (SSSR count). The van der Waals surface area contributed by atoms with E-state index in [2.05, 4.69) is 16.3 Å². The van der Waals surface area contributed by atoms with Crippen LogP contribution in [-0.4, -0.2) is 58.8 Å². The summed E-state index contributed by atoms with van der Waals surface area (Å²) >= 11 is 6.08. The minimum absolute atomic E-state index is 0.0479. The van der Waals surface area contributed by atoms with Crippen LogP contribution in [-0.2, 0) is 16.1 Å². The number of carbonyl (C=O) groups is 3. The van der Waals surface area contributed by atoms with Gasteiger partial charge in [-0.1, -0.05) is 24.1 Å². The second-order valence-corrected chi connectivity index (χ2v) is 11.2. The van der Waals surface area contributed by atoms with E-state index in [1.807, 2.05) is 24.3 Å². The molecule has 3 heterocycles. The molecule has 0 bridgehead atoms. The zero-order valence-electron chi connectivity index (χ0n) is 21.0. The summed E-state index contributed by atoms with van der Waals surface area (Å²) in [4.78, 5) is 40.9. The van der Waals surface area contributed by atoms with E-state index in [1.165, 1.54) is 0 Å². The molecular formula is C29H29ClN4O4. The van der Waals surface area contributed by atoms with Crippen molar-refractivity contribution in [2.75, 3.05) is 13.1 Å². The highest BCUT2D eigenvalue weighted by Crippen LogP contribution is 2.38. The lowest BCUT2D eigenvalue weighted by Gasteiger charge is -2.48. The first-order valence-electron chi connectivity index (χ1n) is 13.3. The van der Waals surface area contributed by atoms with Crippen LogP contribution in [0.15, 0.2) is 36.4 Å². The Balaban J connectivity index is 1.12. The van der Waals surface area contributed by atoms with E-state index in [4.69, 9.17) is 16.3 Å². The van der Waals surface area contributed by atoms with Crippen LogP contribution in [0.25, 0.3) is 0 Å². The summed E-state index contributed by atoms with van der Waals surface area (Å²) in [6.45, 7) is 2.11. The molecule has 0 spiro atoms. The first kappa shape index (κ1) is 24.9. The van der Waals surface area contributed by atoms with Gasteiger partial charge in [0.1, 0.15) is 17.9 Å². The number of nitrogens with zero attached hydrogens (tertiary/aromatic N) is 3. The lowest BCUT2D eigenvalue weighted by atomic mass is 9.83. The van der Waals surface area contributed by atoms with Crippen molar-refractivity contribution >= 4 is 29.3 Å². The molecular weight excluding hydrogens is 504 g/mol. The van der Waals surface area contributed by atoms with E-state index in [9.17, 15) is 19.6 Å². The zero-order valence-corrected chi connectivity index (χ0v) is 21.7. The van der Waals surface area contributed by atoms with Gasteiger partial charge in [-0.2, -0.15) is 5.26 Å². The first-order chi connectivity index (χ1) is 18.4. The van der Waals surface area contributed by atoms with Crippen LogP contribution in [0, 0.1) is 11.3 Å². The molecule has 4 aliphatic rings. The molecule has 3 fully saturated rings. The van der Waals surface area contributed by atoms with Gasteiger partial charge in [0.05, 0.1) is 11.6 Å². The van der Waals surface area contributed by atoms with Gasteiger partial charge in [0.25, 0.3) is 5.91 Å². The second-order valence-electron chi connectivity index (χ2n) is 10.7. The lowest BCUT2D eigenvalue weighted by Crippen LogP contribution is -2.57. The highest BCUT2D eigenvalue weighted by Gasteiger charge is 2.41. The van der Waals surface area contributed by atoms with Gasteiger partial charge in [-0.25, -0.2) is 0 Å². The largest absolute Gasteiger partial charge is 0.489 e. The molecule has 3 aliphatic heterocycles. The molecule has 3 atom stereocenters. The molecule has 1 saturated carbocycles. The minimum atomic E-state index is -0.624. The van der Waals surface area contributed by atoms with E-state index in [0.29, 0.717) is 41.1 Å². The highest BCUT2D eigenvalue weighted by molar-refractivity contribution is 6.30. The Morgan fingerprint density at radius 2 is 1.84 bits per heavy atom. The normalized spacial score (nSPS) is 25.9. The fraction of sp³-hybridized carbons (Fsp3) is 0.448. The standard InChI is InChI=1S/C29H29ClN4O4/c30-20-5-7-22(17(11-20)13-31)19-14-33(15-19)24-3-1-2-4-26(24)38-21-6-8-23-18(12-21)16-34(29(23)37)25-9-10-27(35)32-28(25)36/h5-8,11-12,19,24-26H,1-4,9-10,14-16H2,(H,32,35,36)/t24?,25?,26-/m0/s1. The fourth-order valence-electron chi connectivity index (χ4n) is 6.39. The summed E-state index contributed by atoms with van der Waals surface area (Å²) < 4.78 is 6.54. The number of piperidine rings is 1. The average molecular weight is 533 g/mol. The number of likely N-dealkylation sites (tertiary alicyclic amines) is 1. The molecule has 1 N–H and O–H groups in total. The molecule has 2 aromatic rings. The number of carbonyl (C=O) groups excluding carboxylic acids is 3. The van der Waals surface area contributed by atoms with Gasteiger partial charge in [0, 0.05) is 48.6 Å². The summed E-state index contributed by atoms with van der Waals surface area (Å²) in [7, 11) is 0. The molecule has 196 valence electrons. The predicted octanol–water partition coefficient (Wildman–Crippen LogP) is 3.76. The number of amides is 3. The Labute approximate surface area is 226 Å². The Bertz CT molecular complexity index is 1350. The Morgan fingerprint density at radius 3 is 2.63 bits per heavy atom. The summed E-state index contributed by atoms with van der Waals surface area (Å²) in [6, 6.07) is 13.1. The number of hydrogen-bond donors (Lipinski definition) is 1. The van der Waals surface area contributed by atoms with Gasteiger partial charge in [-0.05, 0) is 67.1 Å². The van der Waals surface area contributed by atoms with Crippen molar-refractivity contribution in [3.63, 3.8) is 0 Å². The van der Waals surface area contributed by atoms with Crippen molar-refractivity contribution in [2.45, 2.75) is 69.2 Å². The third-order valence-electron chi connectivity index (χ3n) is 8.40. The molecule has 9 heteroatoms. The quantitative estimate of drug-likeness (QED) is 0.588. The van der Waals surface area contributed by atoms with Crippen LogP contribution in [0.3, 0.4) is 0 Å². The van der Waals surface area contributed by atoms with Gasteiger partial charge >= 0.3 is 0 Å². The molecule has 0 radical (unpaired) electrons. The smallest absolute Gasteiger partial charge is 0.255 e. The van der Waals surface area contributed by atoms with Crippen LogP contribution < -0.4 is 10.1 Å². The molecule has 0 aromatic heterocycles. The lowest BCUT2D eigenvalue weighted by molar-refractivity contribution is -0.136. The number of fused-ring (bicyclic) bond motifs is 1. The topological polar surface area (TPSA) is 103 Å². The first-order valence-corrected chi connectivity index (χ1v) is 13.7. The maximum Gasteiger partial charge on any atom is 0.255 e. The molecule has 38 heavy (non-hydrogen) atoms. The summed E-state index contributed by atoms with van der Waals surface area (Å²) in [5.74, 6) is 0.175. The van der Waals surface area contributed by atoms with Crippen molar-refractivity contribution in [1.82, 2.24) is 15.1 Å². The van der Waals surface area contributed by atoms with E-state index in [1.54, 1.807) is 17.0 Å². The van der Waals surface area contributed by atoms with E-state index >= 15 is 0 Å². The maximum atomic E-state index is 13.0. The Kier molecular flexibility index (Phi) is 6.58. The van der Waals surface area contributed by atoms with Crippen LogP contribution >= 0.6 is 11.6 Å². The SMILES string of the molecule is N#Cc1cc(Cl)ccc1C1CN(C2CCCC[C@@H]2Oc2ccc3c(c2)CN(C2CCC(=O)NC2=O)C3=O)C1. The van der Waals surface area contributed by atoms with E-state index < -0.39 is 11.9 Å². The summed E-state index contributed by atoms with van der Waals surface area (Å²) in [6.07, 6.45) is 4.94. The Hall–Kier alpha value is -3.41. The van der Waals surface area contributed by atoms with Gasteiger partial charge in [-0.3, -0.25) is 24.6 Å². The van der Waals surface area contributed by atoms with E-state index in [-0.39, 0.29) is 24.3 Å². The Morgan fingerprint density at radius 1 is 1.03 bits per heavy atom. The maximum absolute atomic E-state index is 13.0. The number of hydrogen-bond acceptors (Lipinski definition) is 6. The van der Waals surface area contributed by atoms with Crippen molar-refractivity contribution in [3.05, 3.63) is 63.7 Å². The highest BCUT2D eigenvalue weighted by atomic mass is 35.5. The van der Waals surface area contributed by atoms with E-state index in [0.717, 1.165) is 55.6 Å². The summed E-state index contributed by atoms with van der Waals surface area (Å²) in [5.41, 5.74) is 3.15. The molecule has 2 saturated heterocycles. The van der Waals surface area contributed by atoms with Gasteiger partial charge in [-0.15, -0.1) is 0 Å².